The van der Waals surface area contributed by atoms with Gasteiger partial charge in [0.2, 0.25) is 0 Å². The number of carbonyl (C=O) groups is 6. The molecule has 0 unspecified atom stereocenters. The molecule has 0 saturated heterocycles. The molecule has 0 N–H and O–H groups in total. The van der Waals surface area contributed by atoms with Gasteiger partial charge in [-0.25, -0.2) is 19.2 Å². The number of esters is 4. The van der Waals surface area contributed by atoms with Crippen molar-refractivity contribution in [1.29, 1.82) is 0 Å². The summed E-state index contributed by atoms with van der Waals surface area (Å²) < 4.78 is 33.3. The van der Waals surface area contributed by atoms with Gasteiger partial charge < -0.3 is 28.4 Å². The van der Waals surface area contributed by atoms with Crippen molar-refractivity contribution in [2.24, 2.45) is 11.8 Å². The highest BCUT2D eigenvalue weighted by atomic mass is 32.2. The number of fused-ring (bicyclic) bond motifs is 2. The van der Waals surface area contributed by atoms with Crippen molar-refractivity contribution < 1.29 is 57.2 Å². The summed E-state index contributed by atoms with van der Waals surface area (Å²) in [5, 5.41) is 3.43. The first-order valence-corrected chi connectivity index (χ1v) is 26.7. The number of hydrogen-bond acceptors (Lipinski definition) is 14. The summed E-state index contributed by atoms with van der Waals surface area (Å²) in [4.78, 5) is 77.4. The molecule has 6 aromatic rings. The van der Waals surface area contributed by atoms with E-state index in [0.29, 0.717) is 71.7 Å². The van der Waals surface area contributed by atoms with Crippen molar-refractivity contribution in [2.75, 3.05) is 26.4 Å². The number of thioether (sulfide) groups is 2. The lowest BCUT2D eigenvalue weighted by Gasteiger charge is -2.28. The quantitative estimate of drug-likeness (QED) is 0.0166. The average Bonchev–Trinajstić information content (AvgIpc) is 3.42. The van der Waals surface area contributed by atoms with Crippen LogP contribution < -0.4 is 18.9 Å². The standard InChI is InChI=1S/C60H60O12S2/c1-3-55(61)69-35-13-7-5-11-33-67-49-23-21-41-37-45(19-17-43(41)39-49)57(63)71-47-25-29-51(30-26-47)73-59(65)53-15-9-10-16-54(53)60(66)74-52-31-27-48(28-32-52)72-58(64)46-20-18-44-40-50(24-22-42(44)38-46)68-34-12-6-8-14-36-70-56(62)4-2/h3-4,17-32,37-40,53-54H,1-2,5-16,33-36H2/t53-,54-/m0/s1. The average molecular weight is 1040 g/mol. The Hall–Kier alpha value is -7.16. The Morgan fingerprint density at radius 3 is 1.18 bits per heavy atom. The largest absolute Gasteiger partial charge is 0.494 e. The second-order valence-electron chi connectivity index (χ2n) is 17.8. The predicted octanol–water partition coefficient (Wildman–Crippen LogP) is 13.5. The molecule has 6 aromatic carbocycles. The summed E-state index contributed by atoms with van der Waals surface area (Å²) in [6.07, 6.45) is 12.4. The summed E-state index contributed by atoms with van der Waals surface area (Å²) in [5.41, 5.74) is 0.790. The third-order valence-electron chi connectivity index (χ3n) is 12.4. The van der Waals surface area contributed by atoms with E-state index < -0.39 is 35.7 Å². The van der Waals surface area contributed by atoms with Crippen LogP contribution in [0.4, 0.5) is 0 Å². The molecule has 2 atom stereocenters. The zero-order valence-corrected chi connectivity index (χ0v) is 42.9. The maximum atomic E-state index is 13.7. The molecule has 0 bridgehead atoms. The maximum absolute atomic E-state index is 13.7. The summed E-state index contributed by atoms with van der Waals surface area (Å²) in [6, 6.07) is 35.7. The van der Waals surface area contributed by atoms with E-state index in [4.69, 9.17) is 28.4 Å². The number of unbranched alkanes of at least 4 members (excludes halogenated alkanes) is 6. The summed E-state index contributed by atoms with van der Waals surface area (Å²) in [6.45, 7) is 8.68. The van der Waals surface area contributed by atoms with E-state index in [-0.39, 0.29) is 10.2 Å². The minimum atomic E-state index is -0.508. The van der Waals surface area contributed by atoms with E-state index in [1.54, 1.807) is 72.8 Å². The van der Waals surface area contributed by atoms with Crippen LogP contribution in [0.25, 0.3) is 21.5 Å². The first-order valence-electron chi connectivity index (χ1n) is 25.0. The monoisotopic (exact) mass is 1040 g/mol. The van der Waals surface area contributed by atoms with Gasteiger partial charge in [-0.15, -0.1) is 0 Å². The Balaban J connectivity index is 0.827. The lowest BCUT2D eigenvalue weighted by Crippen LogP contribution is -2.30. The molecule has 0 aliphatic heterocycles. The van der Waals surface area contributed by atoms with Gasteiger partial charge in [0.15, 0.2) is 10.2 Å². The number of benzene rings is 6. The van der Waals surface area contributed by atoms with Crippen molar-refractivity contribution in [3.8, 4) is 23.0 Å². The van der Waals surface area contributed by atoms with E-state index in [1.807, 2.05) is 48.5 Å². The van der Waals surface area contributed by atoms with Crippen LogP contribution in [-0.4, -0.2) is 60.5 Å². The Morgan fingerprint density at radius 2 is 0.784 bits per heavy atom. The molecule has 1 fully saturated rings. The van der Waals surface area contributed by atoms with Gasteiger partial charge in [-0.1, -0.05) is 73.8 Å². The van der Waals surface area contributed by atoms with Gasteiger partial charge in [-0.3, -0.25) is 9.59 Å². The van der Waals surface area contributed by atoms with Crippen molar-refractivity contribution >= 4 is 79.2 Å². The molecule has 0 aromatic heterocycles. The first-order chi connectivity index (χ1) is 36.0. The zero-order valence-electron chi connectivity index (χ0n) is 41.3. The molecule has 0 radical (unpaired) electrons. The Bertz CT molecular complexity index is 2730. The van der Waals surface area contributed by atoms with Crippen LogP contribution in [0, 0.1) is 11.8 Å². The van der Waals surface area contributed by atoms with Gasteiger partial charge in [-0.2, -0.15) is 0 Å². The fourth-order valence-electron chi connectivity index (χ4n) is 8.40. The molecule has 74 heavy (non-hydrogen) atoms. The van der Waals surface area contributed by atoms with Crippen LogP contribution in [0.2, 0.25) is 0 Å². The molecule has 7 rings (SSSR count). The molecule has 1 saturated carbocycles. The highest BCUT2D eigenvalue weighted by molar-refractivity contribution is 8.14. The van der Waals surface area contributed by atoms with Gasteiger partial charge in [0.25, 0.3) is 0 Å². The van der Waals surface area contributed by atoms with Crippen molar-refractivity contribution in [1.82, 2.24) is 0 Å². The summed E-state index contributed by atoms with van der Waals surface area (Å²) in [5.74, 6) is -0.539. The third kappa shape index (κ3) is 16.7. The van der Waals surface area contributed by atoms with Crippen molar-refractivity contribution in [2.45, 2.75) is 86.8 Å². The molecular formula is C60H60O12S2. The Morgan fingerprint density at radius 1 is 0.432 bits per heavy atom. The minimum absolute atomic E-state index is 0.0751. The first kappa shape index (κ1) is 54.6. The Kier molecular flexibility index (Phi) is 20.9. The molecular weight excluding hydrogens is 977 g/mol. The van der Waals surface area contributed by atoms with Gasteiger partial charge in [0, 0.05) is 33.8 Å². The van der Waals surface area contributed by atoms with E-state index >= 15 is 0 Å². The molecule has 0 amide bonds. The second kappa shape index (κ2) is 28.3. The highest BCUT2D eigenvalue weighted by Crippen LogP contribution is 2.40. The fraction of sp³-hybridized carbons (Fsp3) is 0.300. The van der Waals surface area contributed by atoms with E-state index in [9.17, 15) is 28.8 Å². The van der Waals surface area contributed by atoms with Gasteiger partial charge in [0.05, 0.1) is 37.6 Å². The molecule has 384 valence electrons. The van der Waals surface area contributed by atoms with Crippen LogP contribution in [0.3, 0.4) is 0 Å². The molecule has 14 heteroatoms. The van der Waals surface area contributed by atoms with E-state index in [0.717, 1.165) is 133 Å². The molecule has 0 heterocycles. The minimum Gasteiger partial charge on any atom is -0.494 e. The normalized spacial score (nSPS) is 14.1. The second-order valence-corrected chi connectivity index (χ2v) is 19.9. The third-order valence-corrected chi connectivity index (χ3v) is 14.4. The van der Waals surface area contributed by atoms with E-state index in [1.165, 1.54) is 0 Å². The van der Waals surface area contributed by atoms with Crippen LogP contribution in [0.5, 0.6) is 23.0 Å². The van der Waals surface area contributed by atoms with Crippen molar-refractivity contribution in [3.63, 3.8) is 0 Å². The molecule has 0 spiro atoms. The fourth-order valence-corrected chi connectivity index (χ4v) is 10.3. The van der Waals surface area contributed by atoms with Crippen LogP contribution in [0.15, 0.2) is 156 Å². The van der Waals surface area contributed by atoms with E-state index in [2.05, 4.69) is 13.2 Å². The summed E-state index contributed by atoms with van der Waals surface area (Å²) in [7, 11) is 0. The maximum Gasteiger partial charge on any atom is 0.343 e. The van der Waals surface area contributed by atoms with Crippen LogP contribution >= 0.6 is 23.5 Å². The lowest BCUT2D eigenvalue weighted by molar-refractivity contribution is -0.138. The topological polar surface area (TPSA) is 158 Å². The summed E-state index contributed by atoms with van der Waals surface area (Å²) >= 11 is 2.19. The number of carbonyl (C=O) groups excluding carboxylic acids is 6. The smallest absolute Gasteiger partial charge is 0.343 e. The number of ether oxygens (including phenoxy) is 6. The predicted molar refractivity (Wildman–Crippen MR) is 288 cm³/mol. The van der Waals surface area contributed by atoms with Gasteiger partial charge >= 0.3 is 23.9 Å². The van der Waals surface area contributed by atoms with Crippen molar-refractivity contribution in [3.05, 3.63) is 158 Å². The zero-order chi connectivity index (χ0) is 52.1. The van der Waals surface area contributed by atoms with Gasteiger partial charge in [0.1, 0.15) is 23.0 Å². The van der Waals surface area contributed by atoms with Crippen LogP contribution in [-0.2, 0) is 28.7 Å². The Labute approximate surface area is 440 Å². The molecule has 1 aliphatic rings. The number of rotatable bonds is 26. The highest BCUT2D eigenvalue weighted by Gasteiger charge is 2.36. The SMILES string of the molecule is C=CC(=O)OCCCCCCOc1ccc2cc(C(=O)Oc3ccc(SC(=O)[C@H]4CCCC[C@@H]4C(=O)Sc4ccc(OC(=O)c5ccc6cc(OCCCCCCOC(=O)C=C)ccc6c5)cc4)cc3)ccc2c1. The van der Waals surface area contributed by atoms with Gasteiger partial charge in [-0.05, 0) is 183 Å². The molecule has 12 nitrogen and oxygen atoms in total. The lowest BCUT2D eigenvalue weighted by atomic mass is 9.81. The molecule has 1 aliphatic carbocycles. The number of hydrogen-bond donors (Lipinski definition) is 0. The van der Waals surface area contributed by atoms with Crippen LogP contribution in [0.1, 0.15) is 97.8 Å².